The molecule has 3 rings (SSSR count). The third-order valence-electron chi connectivity index (χ3n) is 4.52. The number of ether oxygens (including phenoxy) is 1. The Balaban J connectivity index is 1.66. The van der Waals surface area contributed by atoms with E-state index in [1.807, 2.05) is 0 Å². The molecule has 3 amide bonds. The molecule has 0 heterocycles. The van der Waals surface area contributed by atoms with Crippen LogP contribution in [-0.2, 0) is 9.59 Å². The fourth-order valence-electron chi connectivity index (χ4n) is 3.00. The number of hydrogen-bond donors (Lipinski definition) is 4. The lowest BCUT2D eigenvalue weighted by Crippen LogP contribution is -2.23. The van der Waals surface area contributed by atoms with Crippen LogP contribution in [-0.4, -0.2) is 31.4 Å². The van der Waals surface area contributed by atoms with Gasteiger partial charge in [-0.15, -0.1) is 0 Å². The summed E-state index contributed by atoms with van der Waals surface area (Å²) in [5, 5.41) is 11.8. The molecule has 0 spiro atoms. The second-order valence-electron chi connectivity index (χ2n) is 7.00. The van der Waals surface area contributed by atoms with E-state index in [0.29, 0.717) is 39.1 Å². The van der Waals surface area contributed by atoms with Crippen molar-refractivity contribution in [3.05, 3.63) is 77.3 Å². The second kappa shape index (κ2) is 11.0. The first-order valence-electron chi connectivity index (χ1n) is 10.0. The van der Waals surface area contributed by atoms with Crippen LogP contribution in [0.3, 0.4) is 0 Å². The molecule has 4 N–H and O–H groups in total. The second-order valence-corrected chi connectivity index (χ2v) is 7.44. The number of halogens is 1. The van der Waals surface area contributed by atoms with Crippen molar-refractivity contribution in [2.24, 2.45) is 0 Å². The Hall–Kier alpha value is -4.04. The van der Waals surface area contributed by atoms with Gasteiger partial charge < -0.3 is 26.0 Å². The van der Waals surface area contributed by atoms with Crippen molar-refractivity contribution < 1.29 is 19.1 Å². The van der Waals surface area contributed by atoms with Crippen molar-refractivity contribution in [2.75, 3.05) is 34.9 Å². The topological polar surface area (TPSA) is 109 Å². The van der Waals surface area contributed by atoms with Crippen molar-refractivity contribution in [2.45, 2.75) is 6.92 Å². The summed E-state index contributed by atoms with van der Waals surface area (Å²) in [6.07, 6.45) is 0. The number of anilines is 4. The van der Waals surface area contributed by atoms with E-state index >= 15 is 0 Å². The van der Waals surface area contributed by atoms with Gasteiger partial charge in [0, 0.05) is 23.2 Å². The molecule has 0 bridgehead atoms. The number of hydrogen-bond acceptors (Lipinski definition) is 5. The summed E-state index contributed by atoms with van der Waals surface area (Å²) in [6.45, 7) is 1.33. The highest BCUT2D eigenvalue weighted by molar-refractivity contribution is 6.30. The molecule has 0 aromatic heterocycles. The molecule has 0 unspecified atom stereocenters. The molecule has 0 aliphatic rings. The van der Waals surface area contributed by atoms with E-state index in [4.69, 9.17) is 16.3 Å². The zero-order valence-electron chi connectivity index (χ0n) is 18.1. The van der Waals surface area contributed by atoms with Gasteiger partial charge >= 0.3 is 0 Å². The fraction of sp³-hybridized carbons (Fsp3) is 0.125. The lowest BCUT2D eigenvalue weighted by atomic mass is 10.2. The SMILES string of the molecule is COc1ccc(NC(C)=O)cc1NC(=O)CNc1ccccc1NC(=O)c1ccc(Cl)cc1. The lowest BCUT2D eigenvalue weighted by Gasteiger charge is -2.15. The molecule has 3 aromatic carbocycles. The predicted octanol–water partition coefficient (Wildman–Crippen LogP) is 4.61. The van der Waals surface area contributed by atoms with Gasteiger partial charge in [0.25, 0.3) is 5.91 Å². The first-order chi connectivity index (χ1) is 15.9. The Bertz CT molecular complexity index is 1170. The number of amides is 3. The largest absolute Gasteiger partial charge is 0.495 e. The monoisotopic (exact) mass is 466 g/mol. The minimum atomic E-state index is -0.341. The Labute approximate surface area is 196 Å². The Kier molecular flexibility index (Phi) is 7.88. The van der Waals surface area contributed by atoms with Crippen LogP contribution in [0.5, 0.6) is 5.75 Å². The Morgan fingerprint density at radius 1 is 0.848 bits per heavy atom. The van der Waals surface area contributed by atoms with E-state index in [2.05, 4.69) is 21.3 Å². The van der Waals surface area contributed by atoms with Crippen LogP contribution in [0.1, 0.15) is 17.3 Å². The van der Waals surface area contributed by atoms with Crippen LogP contribution >= 0.6 is 11.6 Å². The smallest absolute Gasteiger partial charge is 0.255 e. The highest BCUT2D eigenvalue weighted by atomic mass is 35.5. The first kappa shape index (κ1) is 23.6. The molecule has 170 valence electrons. The van der Waals surface area contributed by atoms with Gasteiger partial charge in [0.15, 0.2) is 0 Å². The van der Waals surface area contributed by atoms with Gasteiger partial charge in [-0.2, -0.15) is 0 Å². The van der Waals surface area contributed by atoms with Gasteiger partial charge in [0.2, 0.25) is 11.8 Å². The van der Waals surface area contributed by atoms with Gasteiger partial charge in [-0.1, -0.05) is 23.7 Å². The van der Waals surface area contributed by atoms with Crippen molar-refractivity contribution >= 4 is 52.1 Å². The molecule has 0 aliphatic carbocycles. The minimum absolute atomic E-state index is 0.0681. The molecule has 0 fully saturated rings. The summed E-state index contributed by atoms with van der Waals surface area (Å²) in [5.41, 5.74) is 2.50. The van der Waals surface area contributed by atoms with E-state index in [1.165, 1.54) is 14.0 Å². The molecular formula is C24H23ClN4O4. The number of para-hydroxylation sites is 2. The summed E-state index contributed by atoms with van der Waals surface area (Å²) >= 11 is 5.87. The maximum Gasteiger partial charge on any atom is 0.255 e. The van der Waals surface area contributed by atoms with Gasteiger partial charge in [-0.25, -0.2) is 0 Å². The molecule has 0 saturated carbocycles. The van der Waals surface area contributed by atoms with Crippen molar-refractivity contribution in [3.8, 4) is 5.75 Å². The molecule has 0 aliphatic heterocycles. The van der Waals surface area contributed by atoms with E-state index in [1.54, 1.807) is 66.7 Å². The number of carbonyl (C=O) groups is 3. The number of methoxy groups -OCH3 is 1. The van der Waals surface area contributed by atoms with Crippen molar-refractivity contribution in [1.82, 2.24) is 0 Å². The van der Waals surface area contributed by atoms with Gasteiger partial charge in [-0.3, -0.25) is 14.4 Å². The average molecular weight is 467 g/mol. The van der Waals surface area contributed by atoms with Gasteiger partial charge in [0.05, 0.1) is 30.7 Å². The number of benzene rings is 3. The zero-order valence-corrected chi connectivity index (χ0v) is 18.8. The van der Waals surface area contributed by atoms with Crippen LogP contribution in [0.4, 0.5) is 22.7 Å². The van der Waals surface area contributed by atoms with Crippen molar-refractivity contribution in [3.63, 3.8) is 0 Å². The van der Waals surface area contributed by atoms with E-state index < -0.39 is 0 Å². The van der Waals surface area contributed by atoms with Crippen LogP contribution in [0, 0.1) is 0 Å². The van der Waals surface area contributed by atoms with E-state index in [9.17, 15) is 14.4 Å². The lowest BCUT2D eigenvalue weighted by molar-refractivity contribution is -0.115. The van der Waals surface area contributed by atoms with Crippen LogP contribution in [0.15, 0.2) is 66.7 Å². The standard InChI is InChI=1S/C24H23ClN4O4/c1-15(30)27-18-11-12-22(33-2)21(13-18)28-23(31)14-26-19-5-3-4-6-20(19)29-24(32)16-7-9-17(25)10-8-16/h3-13,26H,14H2,1-2H3,(H,27,30)(H,28,31)(H,29,32). The maximum atomic E-state index is 12.6. The van der Waals surface area contributed by atoms with Crippen LogP contribution in [0.25, 0.3) is 0 Å². The normalized spacial score (nSPS) is 10.2. The first-order valence-corrected chi connectivity index (χ1v) is 10.4. The molecule has 0 radical (unpaired) electrons. The van der Waals surface area contributed by atoms with Crippen molar-refractivity contribution in [1.29, 1.82) is 0 Å². The molecule has 0 saturated heterocycles. The molecule has 33 heavy (non-hydrogen) atoms. The third-order valence-corrected chi connectivity index (χ3v) is 4.77. The molecular weight excluding hydrogens is 444 g/mol. The number of rotatable bonds is 8. The maximum absolute atomic E-state index is 12.6. The highest BCUT2D eigenvalue weighted by Gasteiger charge is 2.12. The fourth-order valence-corrected chi connectivity index (χ4v) is 3.12. The summed E-state index contributed by atoms with van der Waals surface area (Å²) < 4.78 is 5.28. The molecule has 3 aromatic rings. The van der Waals surface area contributed by atoms with Crippen LogP contribution < -0.4 is 26.0 Å². The van der Waals surface area contributed by atoms with Gasteiger partial charge in [-0.05, 0) is 54.6 Å². The number of carbonyl (C=O) groups excluding carboxylic acids is 3. The number of nitrogens with one attached hydrogen (secondary N) is 4. The van der Waals surface area contributed by atoms with Gasteiger partial charge in [0.1, 0.15) is 5.75 Å². The Morgan fingerprint density at radius 2 is 1.55 bits per heavy atom. The van der Waals surface area contributed by atoms with Crippen LogP contribution in [0.2, 0.25) is 5.02 Å². The summed E-state index contributed by atoms with van der Waals surface area (Å²) in [6, 6.07) is 18.5. The molecule has 0 atom stereocenters. The summed E-state index contributed by atoms with van der Waals surface area (Å²) in [7, 11) is 1.49. The average Bonchev–Trinajstić information content (AvgIpc) is 2.79. The summed E-state index contributed by atoms with van der Waals surface area (Å²) in [5.74, 6) is -0.415. The predicted molar refractivity (Wildman–Crippen MR) is 130 cm³/mol. The molecule has 9 heteroatoms. The quantitative estimate of drug-likeness (QED) is 0.387. The highest BCUT2D eigenvalue weighted by Crippen LogP contribution is 2.28. The summed E-state index contributed by atoms with van der Waals surface area (Å²) in [4.78, 5) is 36.4. The van der Waals surface area contributed by atoms with E-state index in [-0.39, 0.29) is 24.3 Å². The molecule has 8 nitrogen and oxygen atoms in total. The third kappa shape index (κ3) is 6.72. The van der Waals surface area contributed by atoms with E-state index in [0.717, 1.165) is 0 Å². The Morgan fingerprint density at radius 3 is 2.21 bits per heavy atom. The minimum Gasteiger partial charge on any atom is -0.495 e. The zero-order chi connectivity index (χ0) is 23.8.